The molecule has 1 saturated carbocycles. The zero-order valence-electron chi connectivity index (χ0n) is 26.5. The van der Waals surface area contributed by atoms with Crippen molar-refractivity contribution in [3.63, 3.8) is 0 Å². The van der Waals surface area contributed by atoms with Crippen molar-refractivity contribution >= 4 is 39.5 Å². The summed E-state index contributed by atoms with van der Waals surface area (Å²) in [6, 6.07) is 7.37. The average molecular weight is 698 g/mol. The molecule has 0 bridgehead atoms. The molecule has 9 nitrogen and oxygen atoms in total. The van der Waals surface area contributed by atoms with E-state index < -0.39 is 17.7 Å². The van der Waals surface area contributed by atoms with Crippen LogP contribution in [-0.2, 0) is 35.8 Å². The van der Waals surface area contributed by atoms with Crippen LogP contribution in [0.15, 0.2) is 47.5 Å². The predicted molar refractivity (Wildman–Crippen MR) is 177 cm³/mol. The average Bonchev–Trinajstić information content (AvgIpc) is 3.74. The van der Waals surface area contributed by atoms with Crippen LogP contribution in [0.2, 0.25) is 5.02 Å². The second-order valence-electron chi connectivity index (χ2n) is 13.6. The van der Waals surface area contributed by atoms with Crippen molar-refractivity contribution in [2.45, 2.75) is 70.6 Å². The highest BCUT2D eigenvalue weighted by molar-refractivity contribution is 9.10. The molecule has 1 aromatic carbocycles. The highest BCUT2D eigenvalue weighted by Gasteiger charge is 2.43. The molecule has 2 aliphatic carbocycles. The zero-order chi connectivity index (χ0) is 31.9. The maximum absolute atomic E-state index is 14.7. The van der Waals surface area contributed by atoms with Crippen molar-refractivity contribution in [1.82, 2.24) is 29.2 Å². The van der Waals surface area contributed by atoms with Gasteiger partial charge in [-0.3, -0.25) is 19.6 Å². The summed E-state index contributed by atoms with van der Waals surface area (Å²) < 4.78 is 8.79. The number of fused-ring (bicyclic) bond motifs is 2. The minimum absolute atomic E-state index is 0.0337. The molecule has 2 fully saturated rings. The molecule has 1 aliphatic heterocycles. The Morgan fingerprint density at radius 3 is 2.60 bits per heavy atom. The molecule has 2 amide bonds. The molecule has 0 radical (unpaired) electrons. The van der Waals surface area contributed by atoms with E-state index in [9.17, 15) is 9.59 Å². The molecule has 0 spiro atoms. The Kier molecular flexibility index (Phi) is 9.28. The number of piperazine rings is 1. The van der Waals surface area contributed by atoms with Gasteiger partial charge < -0.3 is 14.2 Å². The van der Waals surface area contributed by atoms with Gasteiger partial charge in [-0.05, 0) is 103 Å². The van der Waals surface area contributed by atoms with E-state index in [2.05, 4.69) is 44.0 Å². The standard InChI is InChI=1S/C34H42BrClN6O3/c1-34(2,3)45-33(44)42-14-13-40(20-29(42)32(43)41(19-22-5-6-22)12-11-27-18-37-21-39(27)4)31-28-10-9-26(36)16-23(28)7-8-24-15-25(35)17-38-30(24)31/h9-10,15-18,21-22,29,31H,5-8,11-14,19-20H2,1-4H3/t29-,31-/m1/s1. The lowest BCUT2D eigenvalue weighted by molar-refractivity contribution is -0.140. The van der Waals surface area contributed by atoms with Crippen LogP contribution in [0.3, 0.4) is 0 Å². The molecule has 45 heavy (non-hydrogen) atoms. The van der Waals surface area contributed by atoms with E-state index in [-0.39, 0.29) is 11.9 Å². The van der Waals surface area contributed by atoms with Gasteiger partial charge in [-0.1, -0.05) is 17.7 Å². The van der Waals surface area contributed by atoms with Gasteiger partial charge in [-0.25, -0.2) is 9.78 Å². The van der Waals surface area contributed by atoms with Crippen LogP contribution in [-0.4, -0.2) is 85.6 Å². The summed E-state index contributed by atoms with van der Waals surface area (Å²) in [5, 5.41) is 0.708. The summed E-state index contributed by atoms with van der Waals surface area (Å²) in [4.78, 5) is 43.5. The first kappa shape index (κ1) is 32.0. The van der Waals surface area contributed by atoms with Crippen molar-refractivity contribution < 1.29 is 14.3 Å². The number of imidazole rings is 1. The second kappa shape index (κ2) is 13.0. The van der Waals surface area contributed by atoms with Gasteiger partial charge in [0.15, 0.2) is 0 Å². The normalized spacial score (nSPS) is 20.3. The summed E-state index contributed by atoms with van der Waals surface area (Å²) >= 11 is 10.1. The minimum Gasteiger partial charge on any atom is -0.444 e. The third-order valence-corrected chi connectivity index (χ3v) is 9.69. The molecular weight excluding hydrogens is 656 g/mol. The Balaban J connectivity index is 1.35. The van der Waals surface area contributed by atoms with Gasteiger partial charge in [0.05, 0.1) is 18.1 Å². The molecule has 0 N–H and O–H groups in total. The van der Waals surface area contributed by atoms with Crippen LogP contribution >= 0.6 is 27.5 Å². The van der Waals surface area contributed by atoms with E-state index >= 15 is 0 Å². The number of hydrogen-bond acceptors (Lipinski definition) is 6. The van der Waals surface area contributed by atoms with Crippen LogP contribution in [0.5, 0.6) is 0 Å². The van der Waals surface area contributed by atoms with E-state index in [1.807, 2.05) is 55.7 Å². The van der Waals surface area contributed by atoms with Crippen molar-refractivity contribution in [1.29, 1.82) is 0 Å². The lowest BCUT2D eigenvalue weighted by Crippen LogP contribution is -2.62. The Labute approximate surface area is 279 Å². The molecule has 11 heteroatoms. The van der Waals surface area contributed by atoms with Gasteiger partial charge in [0, 0.05) is 73.8 Å². The summed E-state index contributed by atoms with van der Waals surface area (Å²) in [6.45, 7) is 8.16. The van der Waals surface area contributed by atoms with Crippen molar-refractivity contribution in [3.05, 3.63) is 80.6 Å². The van der Waals surface area contributed by atoms with Crippen molar-refractivity contribution in [2.75, 3.05) is 32.7 Å². The number of amides is 2. The van der Waals surface area contributed by atoms with Gasteiger partial charge in [0.1, 0.15) is 11.6 Å². The molecule has 3 aliphatic rings. The molecule has 6 rings (SSSR count). The molecule has 1 saturated heterocycles. The third-order valence-electron chi connectivity index (χ3n) is 9.02. The van der Waals surface area contributed by atoms with E-state index in [0.29, 0.717) is 50.1 Å². The summed E-state index contributed by atoms with van der Waals surface area (Å²) in [5.74, 6) is 0.469. The number of benzene rings is 1. The Bertz CT molecular complexity index is 1510. The van der Waals surface area contributed by atoms with Crippen LogP contribution in [0.4, 0.5) is 4.79 Å². The summed E-state index contributed by atoms with van der Waals surface area (Å²) in [5.41, 5.74) is 4.89. The number of halogens is 2. The lowest BCUT2D eigenvalue weighted by atomic mass is 9.95. The largest absolute Gasteiger partial charge is 0.444 e. The van der Waals surface area contributed by atoms with E-state index in [4.69, 9.17) is 21.3 Å². The van der Waals surface area contributed by atoms with Gasteiger partial charge in [-0.2, -0.15) is 0 Å². The Hall–Kier alpha value is -2.95. The number of aromatic nitrogens is 3. The number of pyridine rings is 1. The fraction of sp³-hybridized carbons (Fsp3) is 0.529. The van der Waals surface area contributed by atoms with Gasteiger partial charge >= 0.3 is 6.09 Å². The highest BCUT2D eigenvalue weighted by Crippen LogP contribution is 2.39. The van der Waals surface area contributed by atoms with Gasteiger partial charge in [-0.15, -0.1) is 0 Å². The maximum atomic E-state index is 14.7. The number of ether oxygens (including phenoxy) is 1. The van der Waals surface area contributed by atoms with Crippen LogP contribution in [0, 0.1) is 5.92 Å². The monoisotopic (exact) mass is 696 g/mol. The van der Waals surface area contributed by atoms with Gasteiger partial charge in [0.25, 0.3) is 0 Å². The summed E-state index contributed by atoms with van der Waals surface area (Å²) in [7, 11) is 1.97. The van der Waals surface area contributed by atoms with Crippen LogP contribution < -0.4 is 0 Å². The fourth-order valence-corrected chi connectivity index (χ4v) is 7.13. The van der Waals surface area contributed by atoms with Crippen LogP contribution in [0.1, 0.15) is 67.7 Å². The molecule has 3 heterocycles. The number of hydrogen-bond donors (Lipinski definition) is 0. The fourth-order valence-electron chi connectivity index (χ4n) is 6.56. The first-order valence-electron chi connectivity index (χ1n) is 15.9. The SMILES string of the molecule is Cn1cncc1CCN(CC1CC1)C(=O)[C@H]1CN([C@@H]2c3ccc(Cl)cc3CCc3cc(Br)cnc32)CCN1C(=O)OC(C)(C)C. The smallest absolute Gasteiger partial charge is 0.411 e. The minimum atomic E-state index is -0.697. The van der Waals surface area contributed by atoms with Gasteiger partial charge in [0.2, 0.25) is 5.91 Å². The highest BCUT2D eigenvalue weighted by atomic mass is 79.9. The second-order valence-corrected chi connectivity index (χ2v) is 15.0. The van der Waals surface area contributed by atoms with Crippen molar-refractivity contribution in [3.8, 4) is 0 Å². The zero-order valence-corrected chi connectivity index (χ0v) is 28.9. The topological polar surface area (TPSA) is 83.8 Å². The number of rotatable bonds is 7. The molecule has 2 atom stereocenters. The van der Waals surface area contributed by atoms with E-state index in [1.165, 1.54) is 11.1 Å². The molecule has 0 unspecified atom stereocenters. The quantitative estimate of drug-likeness (QED) is 0.310. The maximum Gasteiger partial charge on any atom is 0.411 e. The van der Waals surface area contributed by atoms with E-state index in [0.717, 1.165) is 47.1 Å². The number of nitrogens with zero attached hydrogens (tertiary/aromatic N) is 6. The van der Waals surface area contributed by atoms with Crippen molar-refractivity contribution in [2.24, 2.45) is 13.0 Å². The Morgan fingerprint density at radius 2 is 1.89 bits per heavy atom. The lowest BCUT2D eigenvalue weighted by Gasteiger charge is -2.45. The first-order valence-corrected chi connectivity index (χ1v) is 17.0. The van der Waals surface area contributed by atoms with E-state index in [1.54, 1.807) is 11.2 Å². The molecule has 240 valence electrons. The number of carbonyl (C=O) groups excluding carboxylic acids is 2. The van der Waals surface area contributed by atoms with Crippen LogP contribution in [0.25, 0.3) is 0 Å². The Morgan fingerprint density at radius 1 is 1.11 bits per heavy atom. The molecule has 3 aromatic rings. The number of aryl methyl sites for hydroxylation is 3. The molecule has 2 aromatic heterocycles. The molecular formula is C34H42BrClN6O3. The first-order chi connectivity index (χ1) is 21.5. The third kappa shape index (κ3) is 7.39. The summed E-state index contributed by atoms with van der Waals surface area (Å²) in [6.07, 6.45) is 9.68. The predicted octanol–water partition coefficient (Wildman–Crippen LogP) is 5.82. The number of carbonyl (C=O) groups is 2.